The van der Waals surface area contributed by atoms with Crippen LogP contribution < -0.4 is 5.32 Å². The molecule has 1 aliphatic heterocycles. The third-order valence-corrected chi connectivity index (χ3v) is 5.83. The Morgan fingerprint density at radius 3 is 2.73 bits per heavy atom. The summed E-state index contributed by atoms with van der Waals surface area (Å²) in [5.41, 5.74) is 0.762. The summed E-state index contributed by atoms with van der Waals surface area (Å²) in [6, 6.07) is 7.41. The maximum Gasteiger partial charge on any atom is 0.231 e. The highest BCUT2D eigenvalue weighted by Crippen LogP contribution is 2.29. The lowest BCUT2D eigenvalue weighted by Gasteiger charge is -2.17. The fourth-order valence-corrected chi connectivity index (χ4v) is 3.72. The third kappa shape index (κ3) is 4.22. The van der Waals surface area contributed by atoms with Gasteiger partial charge in [0.2, 0.25) is 16.9 Å². The topological polar surface area (TPSA) is 75.2 Å². The summed E-state index contributed by atoms with van der Waals surface area (Å²) in [7, 11) is 0. The fourth-order valence-electron chi connectivity index (χ4n) is 2.72. The number of hydrogen-bond donors (Lipinski definition) is 1. The lowest BCUT2D eigenvalue weighted by molar-refractivity contribution is -0.128. The van der Waals surface area contributed by atoms with Gasteiger partial charge in [0.25, 0.3) is 0 Å². The molecule has 1 N–H and O–H groups in total. The van der Waals surface area contributed by atoms with Gasteiger partial charge in [-0.3, -0.25) is 9.59 Å². The average Bonchev–Trinajstić information content (AvgIpc) is 3.17. The van der Waals surface area contributed by atoms with E-state index in [9.17, 15) is 9.59 Å². The Bertz CT molecular complexity index is 831. The van der Waals surface area contributed by atoms with Crippen molar-refractivity contribution in [3.05, 3.63) is 39.9 Å². The Morgan fingerprint density at radius 1 is 1.35 bits per heavy atom. The molecule has 2 amide bonds. The van der Waals surface area contributed by atoms with Crippen molar-refractivity contribution in [3.63, 3.8) is 0 Å². The molecule has 1 fully saturated rings. The summed E-state index contributed by atoms with van der Waals surface area (Å²) in [6.45, 7) is 6.92. The average molecular weight is 393 g/mol. The predicted octanol–water partition coefficient (Wildman–Crippen LogP) is 3.48. The van der Waals surface area contributed by atoms with Gasteiger partial charge in [0.15, 0.2) is 0 Å². The van der Waals surface area contributed by atoms with E-state index in [0.717, 1.165) is 10.6 Å². The zero-order valence-electron chi connectivity index (χ0n) is 15.0. The number of halogens is 1. The van der Waals surface area contributed by atoms with E-state index in [1.165, 1.54) is 11.3 Å². The summed E-state index contributed by atoms with van der Waals surface area (Å²) in [6.07, 6.45) is 0.196. The highest BCUT2D eigenvalue weighted by Gasteiger charge is 2.35. The van der Waals surface area contributed by atoms with Crippen LogP contribution in [0.4, 0.5) is 5.13 Å². The zero-order chi connectivity index (χ0) is 18.9. The highest BCUT2D eigenvalue weighted by molar-refractivity contribution is 7.15. The van der Waals surface area contributed by atoms with Crippen LogP contribution in [0, 0.1) is 5.92 Å². The van der Waals surface area contributed by atoms with Gasteiger partial charge in [0.1, 0.15) is 5.01 Å². The molecule has 1 aliphatic rings. The van der Waals surface area contributed by atoms with Gasteiger partial charge in [0.05, 0.1) is 5.92 Å². The standard InChI is InChI=1S/C18H21ClN4O2S/c1-18(2,3)16-21-22-17(26-16)20-15(25)12-8-14(24)23(10-12)9-11-6-4-5-7-13(11)19/h4-7,12H,8-10H2,1-3H3,(H,20,22,25)/t12-/m1/s1. The number of amides is 2. The lowest BCUT2D eigenvalue weighted by Crippen LogP contribution is -2.28. The van der Waals surface area contributed by atoms with Gasteiger partial charge < -0.3 is 10.2 Å². The van der Waals surface area contributed by atoms with Crippen LogP contribution in [0.3, 0.4) is 0 Å². The molecular weight excluding hydrogens is 372 g/mol. The molecule has 0 bridgehead atoms. The number of carbonyl (C=O) groups is 2. The number of rotatable bonds is 4. The zero-order valence-corrected chi connectivity index (χ0v) is 16.5. The molecule has 0 aliphatic carbocycles. The number of hydrogen-bond acceptors (Lipinski definition) is 5. The minimum Gasteiger partial charge on any atom is -0.337 e. The van der Waals surface area contributed by atoms with Crippen LogP contribution in [-0.2, 0) is 21.5 Å². The number of anilines is 1. The lowest BCUT2D eigenvalue weighted by atomic mass is 9.98. The van der Waals surface area contributed by atoms with Crippen LogP contribution in [0.1, 0.15) is 37.8 Å². The van der Waals surface area contributed by atoms with Crippen LogP contribution in [0.25, 0.3) is 0 Å². The molecule has 0 unspecified atom stereocenters. The Hall–Kier alpha value is -1.99. The number of carbonyl (C=O) groups excluding carboxylic acids is 2. The molecule has 0 spiro atoms. The van der Waals surface area contributed by atoms with Crippen molar-refractivity contribution in [2.24, 2.45) is 5.92 Å². The molecule has 1 aromatic carbocycles. The predicted molar refractivity (Wildman–Crippen MR) is 102 cm³/mol. The van der Waals surface area contributed by atoms with Crippen LogP contribution in [0.2, 0.25) is 5.02 Å². The first kappa shape index (κ1) is 18.8. The van der Waals surface area contributed by atoms with Gasteiger partial charge in [-0.05, 0) is 11.6 Å². The molecule has 8 heteroatoms. The Kier molecular flexibility index (Phi) is 5.29. The molecule has 1 atom stereocenters. The largest absolute Gasteiger partial charge is 0.337 e. The SMILES string of the molecule is CC(C)(C)c1nnc(NC(=O)[C@@H]2CC(=O)N(Cc3ccccc3Cl)C2)s1. The molecular formula is C18H21ClN4O2S. The molecule has 0 saturated carbocycles. The second-order valence-corrected chi connectivity index (χ2v) is 8.80. The van der Waals surface area contributed by atoms with E-state index >= 15 is 0 Å². The third-order valence-electron chi connectivity index (χ3n) is 4.20. The summed E-state index contributed by atoms with van der Waals surface area (Å²) in [5, 5.41) is 12.9. The van der Waals surface area contributed by atoms with Crippen molar-refractivity contribution in [1.29, 1.82) is 0 Å². The maximum atomic E-state index is 12.5. The van der Waals surface area contributed by atoms with Crippen molar-refractivity contribution >= 4 is 39.9 Å². The van der Waals surface area contributed by atoms with Gasteiger partial charge in [0, 0.05) is 29.9 Å². The molecule has 2 heterocycles. The van der Waals surface area contributed by atoms with Crippen molar-refractivity contribution in [1.82, 2.24) is 15.1 Å². The molecule has 1 saturated heterocycles. The van der Waals surface area contributed by atoms with E-state index < -0.39 is 5.92 Å². The van der Waals surface area contributed by atoms with E-state index in [2.05, 4.69) is 15.5 Å². The monoisotopic (exact) mass is 392 g/mol. The Balaban J connectivity index is 1.62. The normalized spacial score (nSPS) is 17.6. The van der Waals surface area contributed by atoms with Gasteiger partial charge >= 0.3 is 0 Å². The minimum absolute atomic E-state index is 0.0438. The smallest absolute Gasteiger partial charge is 0.231 e. The Labute approximate surface area is 161 Å². The Morgan fingerprint density at radius 2 is 2.08 bits per heavy atom. The van der Waals surface area contributed by atoms with E-state index in [1.54, 1.807) is 11.0 Å². The van der Waals surface area contributed by atoms with Gasteiger partial charge in [-0.2, -0.15) is 0 Å². The quantitative estimate of drug-likeness (QED) is 0.864. The van der Waals surface area contributed by atoms with Crippen LogP contribution in [-0.4, -0.2) is 33.5 Å². The molecule has 6 nitrogen and oxygen atoms in total. The molecule has 1 aromatic heterocycles. The van der Waals surface area contributed by atoms with Gasteiger partial charge in [-0.1, -0.05) is 61.9 Å². The fraction of sp³-hybridized carbons (Fsp3) is 0.444. The van der Waals surface area contributed by atoms with Crippen molar-refractivity contribution in [2.75, 3.05) is 11.9 Å². The minimum atomic E-state index is -0.396. The number of nitrogens with zero attached hydrogens (tertiary/aromatic N) is 3. The number of nitrogens with one attached hydrogen (secondary N) is 1. The van der Waals surface area contributed by atoms with E-state index in [0.29, 0.717) is 23.2 Å². The maximum absolute atomic E-state index is 12.5. The summed E-state index contributed by atoms with van der Waals surface area (Å²) in [5.74, 6) is -0.638. The van der Waals surface area contributed by atoms with Crippen LogP contribution in [0.5, 0.6) is 0 Å². The molecule has 2 aromatic rings. The summed E-state index contributed by atoms with van der Waals surface area (Å²) in [4.78, 5) is 26.5. The van der Waals surface area contributed by atoms with Crippen molar-refractivity contribution in [2.45, 2.75) is 39.2 Å². The first-order chi connectivity index (χ1) is 12.2. The first-order valence-electron chi connectivity index (χ1n) is 8.40. The molecule has 3 rings (SSSR count). The van der Waals surface area contributed by atoms with Crippen molar-refractivity contribution < 1.29 is 9.59 Å². The number of benzene rings is 1. The second-order valence-electron chi connectivity index (χ2n) is 7.42. The first-order valence-corrected chi connectivity index (χ1v) is 9.59. The van der Waals surface area contributed by atoms with Crippen LogP contribution in [0.15, 0.2) is 24.3 Å². The van der Waals surface area contributed by atoms with Crippen LogP contribution >= 0.6 is 22.9 Å². The summed E-state index contributed by atoms with van der Waals surface area (Å²) < 4.78 is 0. The highest BCUT2D eigenvalue weighted by atomic mass is 35.5. The van der Waals surface area contributed by atoms with Gasteiger partial charge in [-0.15, -0.1) is 10.2 Å². The second kappa shape index (κ2) is 7.32. The summed E-state index contributed by atoms with van der Waals surface area (Å²) >= 11 is 7.53. The number of aromatic nitrogens is 2. The van der Waals surface area contributed by atoms with E-state index in [1.807, 2.05) is 39.0 Å². The molecule has 138 valence electrons. The molecule has 0 radical (unpaired) electrons. The van der Waals surface area contributed by atoms with E-state index in [4.69, 9.17) is 11.6 Å². The molecule has 26 heavy (non-hydrogen) atoms. The number of likely N-dealkylation sites (tertiary alicyclic amines) is 1. The van der Waals surface area contributed by atoms with Crippen molar-refractivity contribution in [3.8, 4) is 0 Å². The van der Waals surface area contributed by atoms with Gasteiger partial charge in [-0.25, -0.2) is 0 Å². The van der Waals surface area contributed by atoms with E-state index in [-0.39, 0.29) is 23.7 Å².